The van der Waals surface area contributed by atoms with E-state index in [0.29, 0.717) is 12.1 Å². The van der Waals surface area contributed by atoms with Crippen LogP contribution in [0.4, 0.5) is 5.69 Å². The van der Waals surface area contributed by atoms with Crippen molar-refractivity contribution in [2.24, 2.45) is 0 Å². The molecule has 0 aliphatic carbocycles. The zero-order valence-electron chi connectivity index (χ0n) is 11.8. The minimum atomic E-state index is -0.343. The molecule has 0 radical (unpaired) electrons. The Kier molecular flexibility index (Phi) is 4.76. The van der Waals surface area contributed by atoms with Gasteiger partial charge in [0.2, 0.25) is 0 Å². The minimum Gasteiger partial charge on any atom is -0.465 e. The van der Waals surface area contributed by atoms with Gasteiger partial charge in [-0.1, -0.05) is 19.1 Å². The number of hydrogen-bond donors (Lipinski definition) is 1. The number of benzene rings is 1. The first-order valence-corrected chi connectivity index (χ1v) is 6.67. The number of methoxy groups -OCH3 is 1. The van der Waals surface area contributed by atoms with Crippen molar-refractivity contribution in [3.8, 4) is 0 Å². The van der Waals surface area contributed by atoms with Crippen LogP contribution in [0.15, 0.2) is 36.7 Å². The molecule has 5 nitrogen and oxygen atoms in total. The molecule has 0 atom stereocenters. The topological polar surface area (TPSA) is 56.2 Å². The van der Waals surface area contributed by atoms with Crippen LogP contribution < -0.4 is 5.32 Å². The van der Waals surface area contributed by atoms with E-state index in [9.17, 15) is 4.79 Å². The lowest BCUT2D eigenvalue weighted by molar-refractivity contribution is 0.0602. The number of carbonyl (C=O) groups is 1. The Morgan fingerprint density at radius 2 is 2.20 bits per heavy atom. The van der Waals surface area contributed by atoms with E-state index >= 15 is 0 Å². The highest BCUT2D eigenvalue weighted by Crippen LogP contribution is 2.16. The van der Waals surface area contributed by atoms with E-state index in [0.717, 1.165) is 24.5 Å². The number of nitrogens with one attached hydrogen (secondary N) is 1. The Morgan fingerprint density at radius 3 is 2.95 bits per heavy atom. The Bertz CT molecular complexity index is 578. The second kappa shape index (κ2) is 6.75. The lowest BCUT2D eigenvalue weighted by Gasteiger charge is -2.11. The average molecular weight is 273 g/mol. The van der Waals surface area contributed by atoms with Gasteiger partial charge in [0, 0.05) is 24.6 Å². The number of anilines is 1. The van der Waals surface area contributed by atoms with E-state index in [4.69, 9.17) is 4.74 Å². The summed E-state index contributed by atoms with van der Waals surface area (Å²) in [5, 5.41) is 3.25. The molecule has 5 heteroatoms. The lowest BCUT2D eigenvalue weighted by Crippen LogP contribution is -2.11. The first-order chi connectivity index (χ1) is 9.76. The molecular formula is C15H19N3O2. The summed E-state index contributed by atoms with van der Waals surface area (Å²) >= 11 is 0. The highest BCUT2D eigenvalue weighted by Gasteiger charge is 2.11. The number of para-hydroxylation sites is 1. The SMILES string of the molecule is CCCn1ccnc1CNc1ccccc1C(=O)OC. The number of aromatic nitrogens is 2. The molecule has 0 saturated heterocycles. The van der Waals surface area contributed by atoms with Crippen LogP contribution in [0.2, 0.25) is 0 Å². The third-order valence-corrected chi connectivity index (χ3v) is 3.04. The van der Waals surface area contributed by atoms with Crippen molar-refractivity contribution in [1.82, 2.24) is 9.55 Å². The van der Waals surface area contributed by atoms with Gasteiger partial charge >= 0.3 is 5.97 Å². The van der Waals surface area contributed by atoms with E-state index in [1.54, 1.807) is 12.3 Å². The van der Waals surface area contributed by atoms with Crippen LogP contribution in [0, 0.1) is 0 Å². The third kappa shape index (κ3) is 3.17. The van der Waals surface area contributed by atoms with Gasteiger partial charge in [-0.05, 0) is 18.6 Å². The van der Waals surface area contributed by atoms with E-state index in [1.165, 1.54) is 7.11 Å². The van der Waals surface area contributed by atoms with Crippen LogP contribution in [0.25, 0.3) is 0 Å². The highest BCUT2D eigenvalue weighted by atomic mass is 16.5. The van der Waals surface area contributed by atoms with Crippen molar-refractivity contribution in [1.29, 1.82) is 0 Å². The molecule has 1 aromatic heterocycles. The van der Waals surface area contributed by atoms with Gasteiger partial charge in [-0.2, -0.15) is 0 Å². The summed E-state index contributed by atoms with van der Waals surface area (Å²) < 4.78 is 6.88. The van der Waals surface area contributed by atoms with Gasteiger partial charge in [-0.25, -0.2) is 9.78 Å². The Morgan fingerprint density at radius 1 is 1.40 bits per heavy atom. The maximum atomic E-state index is 11.7. The van der Waals surface area contributed by atoms with Gasteiger partial charge in [0.05, 0.1) is 19.2 Å². The van der Waals surface area contributed by atoms with Crippen LogP contribution >= 0.6 is 0 Å². The molecule has 0 fully saturated rings. The van der Waals surface area contributed by atoms with Gasteiger partial charge in [0.1, 0.15) is 5.82 Å². The maximum Gasteiger partial charge on any atom is 0.339 e. The number of nitrogens with zero attached hydrogens (tertiary/aromatic N) is 2. The second-order valence-corrected chi connectivity index (χ2v) is 4.43. The Labute approximate surface area is 118 Å². The summed E-state index contributed by atoms with van der Waals surface area (Å²) in [5.41, 5.74) is 1.29. The molecule has 2 aromatic rings. The van der Waals surface area contributed by atoms with Crippen LogP contribution in [-0.4, -0.2) is 22.6 Å². The molecule has 0 amide bonds. The molecule has 0 aliphatic heterocycles. The number of hydrogen-bond acceptors (Lipinski definition) is 4. The first kappa shape index (κ1) is 14.1. The summed E-state index contributed by atoms with van der Waals surface area (Å²) in [4.78, 5) is 16.0. The van der Waals surface area contributed by atoms with Gasteiger partial charge in [-0.3, -0.25) is 0 Å². The van der Waals surface area contributed by atoms with Crippen LogP contribution in [-0.2, 0) is 17.8 Å². The van der Waals surface area contributed by atoms with Crippen LogP contribution in [0.5, 0.6) is 0 Å². The second-order valence-electron chi connectivity index (χ2n) is 4.43. The predicted molar refractivity (Wildman–Crippen MR) is 77.6 cm³/mol. The van der Waals surface area contributed by atoms with Crippen molar-refractivity contribution < 1.29 is 9.53 Å². The molecular weight excluding hydrogens is 254 g/mol. The molecule has 1 heterocycles. The van der Waals surface area contributed by atoms with Gasteiger partial charge in [0.15, 0.2) is 0 Å². The Hall–Kier alpha value is -2.30. The quantitative estimate of drug-likeness (QED) is 0.822. The maximum absolute atomic E-state index is 11.7. The van der Waals surface area contributed by atoms with Crippen molar-refractivity contribution in [2.45, 2.75) is 26.4 Å². The number of carbonyl (C=O) groups excluding carboxylic acids is 1. The fourth-order valence-corrected chi connectivity index (χ4v) is 2.05. The van der Waals surface area contributed by atoms with E-state index < -0.39 is 0 Å². The summed E-state index contributed by atoms with van der Waals surface area (Å²) in [7, 11) is 1.38. The van der Waals surface area contributed by atoms with E-state index in [1.807, 2.05) is 24.4 Å². The van der Waals surface area contributed by atoms with E-state index in [-0.39, 0.29) is 5.97 Å². The minimum absolute atomic E-state index is 0.343. The fraction of sp³-hybridized carbons (Fsp3) is 0.333. The molecule has 0 aliphatic rings. The molecule has 0 bridgehead atoms. The number of aryl methyl sites for hydroxylation is 1. The van der Waals surface area contributed by atoms with Crippen molar-refractivity contribution >= 4 is 11.7 Å². The van der Waals surface area contributed by atoms with Crippen LogP contribution in [0.3, 0.4) is 0 Å². The fourth-order valence-electron chi connectivity index (χ4n) is 2.05. The molecule has 0 saturated carbocycles. The van der Waals surface area contributed by atoms with Crippen molar-refractivity contribution in [2.75, 3.05) is 12.4 Å². The first-order valence-electron chi connectivity index (χ1n) is 6.67. The molecule has 1 aromatic carbocycles. The average Bonchev–Trinajstić information content (AvgIpc) is 2.92. The number of ether oxygens (including phenoxy) is 1. The smallest absolute Gasteiger partial charge is 0.339 e. The number of esters is 1. The third-order valence-electron chi connectivity index (χ3n) is 3.04. The summed E-state index contributed by atoms with van der Waals surface area (Å²) in [6, 6.07) is 7.30. The number of rotatable bonds is 6. The zero-order valence-corrected chi connectivity index (χ0v) is 11.8. The van der Waals surface area contributed by atoms with E-state index in [2.05, 4.69) is 21.8 Å². The van der Waals surface area contributed by atoms with Gasteiger partial charge in [0.25, 0.3) is 0 Å². The zero-order chi connectivity index (χ0) is 14.4. The monoisotopic (exact) mass is 273 g/mol. The predicted octanol–water partition coefficient (Wildman–Crippen LogP) is 2.69. The molecule has 1 N–H and O–H groups in total. The highest BCUT2D eigenvalue weighted by molar-refractivity contribution is 5.95. The van der Waals surface area contributed by atoms with Crippen LogP contribution in [0.1, 0.15) is 29.5 Å². The molecule has 0 spiro atoms. The summed E-state index contributed by atoms with van der Waals surface area (Å²) in [6.07, 6.45) is 4.81. The largest absolute Gasteiger partial charge is 0.465 e. The summed E-state index contributed by atoms with van der Waals surface area (Å²) in [5.74, 6) is 0.608. The lowest BCUT2D eigenvalue weighted by atomic mass is 10.2. The van der Waals surface area contributed by atoms with Gasteiger partial charge in [-0.15, -0.1) is 0 Å². The normalized spacial score (nSPS) is 10.3. The molecule has 0 unspecified atom stereocenters. The molecule has 2 rings (SSSR count). The summed E-state index contributed by atoms with van der Waals surface area (Å²) in [6.45, 7) is 3.64. The standard InChI is InChI=1S/C15H19N3O2/c1-3-9-18-10-8-16-14(18)11-17-13-7-5-4-6-12(13)15(19)20-2/h4-8,10,17H,3,9,11H2,1-2H3. The molecule has 20 heavy (non-hydrogen) atoms. The molecule has 106 valence electrons. The van der Waals surface area contributed by atoms with Crippen molar-refractivity contribution in [3.63, 3.8) is 0 Å². The van der Waals surface area contributed by atoms with Gasteiger partial charge < -0.3 is 14.6 Å². The number of imidazole rings is 1. The Balaban J connectivity index is 2.11. The van der Waals surface area contributed by atoms with Crippen molar-refractivity contribution in [3.05, 3.63) is 48.0 Å².